The van der Waals surface area contributed by atoms with E-state index in [-0.39, 0.29) is 0 Å². The van der Waals surface area contributed by atoms with Crippen molar-refractivity contribution >= 4 is 28.7 Å². The number of ether oxygens (including phenoxy) is 1. The van der Waals surface area contributed by atoms with Crippen LogP contribution in [0.25, 0.3) is 11.6 Å². The Balaban J connectivity index is 1.55. The zero-order valence-corrected chi connectivity index (χ0v) is 22.8. The summed E-state index contributed by atoms with van der Waals surface area (Å²) in [5, 5.41) is 0. The average Bonchev–Trinajstić information content (AvgIpc) is 3.12. The molecule has 0 amide bonds. The maximum Gasteiger partial charge on any atom is 0.121 e. The SMILES string of the molecule is COc1cc(C=C2c3ccccc3CCc3ccccc32)cc(N(c2ccc(C)cc2)c2ccc(C)cc2)c1. The Labute approximate surface area is 231 Å². The first-order valence-corrected chi connectivity index (χ1v) is 13.6. The predicted molar refractivity (Wildman–Crippen MR) is 164 cm³/mol. The maximum absolute atomic E-state index is 5.85. The van der Waals surface area contributed by atoms with Crippen LogP contribution in [0.5, 0.6) is 5.75 Å². The van der Waals surface area contributed by atoms with E-state index in [0.717, 1.165) is 41.2 Å². The van der Waals surface area contributed by atoms with Gasteiger partial charge in [0, 0.05) is 17.4 Å². The molecule has 0 aliphatic heterocycles. The Morgan fingerprint density at radius 2 is 1.10 bits per heavy atom. The van der Waals surface area contributed by atoms with Crippen LogP contribution in [0.2, 0.25) is 0 Å². The molecule has 1 aliphatic rings. The number of hydrogen-bond acceptors (Lipinski definition) is 2. The number of fused-ring (bicyclic) bond motifs is 2. The molecule has 0 spiro atoms. The largest absolute Gasteiger partial charge is 0.497 e. The molecule has 0 radical (unpaired) electrons. The predicted octanol–water partition coefficient (Wildman–Crippen LogP) is 9.47. The van der Waals surface area contributed by atoms with E-state index in [9.17, 15) is 0 Å². The molecule has 0 saturated carbocycles. The van der Waals surface area contributed by atoms with Gasteiger partial charge in [-0.25, -0.2) is 0 Å². The summed E-state index contributed by atoms with van der Waals surface area (Å²) < 4.78 is 5.85. The minimum absolute atomic E-state index is 0.832. The van der Waals surface area contributed by atoms with Crippen LogP contribution in [0.4, 0.5) is 17.1 Å². The highest BCUT2D eigenvalue weighted by atomic mass is 16.5. The van der Waals surface area contributed by atoms with Gasteiger partial charge in [0.1, 0.15) is 5.75 Å². The molecule has 0 saturated heterocycles. The van der Waals surface area contributed by atoms with Gasteiger partial charge in [-0.3, -0.25) is 0 Å². The van der Waals surface area contributed by atoms with Crippen molar-refractivity contribution < 1.29 is 4.74 Å². The molecule has 0 aromatic heterocycles. The summed E-state index contributed by atoms with van der Waals surface area (Å²) in [7, 11) is 1.74. The van der Waals surface area contributed by atoms with E-state index in [1.54, 1.807) is 7.11 Å². The number of benzene rings is 5. The second-order valence-corrected chi connectivity index (χ2v) is 10.3. The fraction of sp³-hybridized carbons (Fsp3) is 0.135. The van der Waals surface area contributed by atoms with Gasteiger partial charge in [0.25, 0.3) is 0 Å². The zero-order valence-electron chi connectivity index (χ0n) is 22.8. The van der Waals surface area contributed by atoms with Crippen molar-refractivity contribution in [3.05, 3.63) is 154 Å². The number of rotatable bonds is 5. The van der Waals surface area contributed by atoms with Gasteiger partial charge in [-0.1, -0.05) is 83.9 Å². The zero-order chi connectivity index (χ0) is 26.8. The lowest BCUT2D eigenvalue weighted by molar-refractivity contribution is 0.415. The van der Waals surface area contributed by atoms with E-state index in [2.05, 4.69) is 140 Å². The molecule has 0 heterocycles. The Bertz CT molecular complexity index is 1550. The normalized spacial score (nSPS) is 12.2. The summed E-state index contributed by atoms with van der Waals surface area (Å²) in [6, 6.07) is 41.6. The van der Waals surface area contributed by atoms with E-state index in [0.29, 0.717) is 0 Å². The smallest absolute Gasteiger partial charge is 0.121 e. The third-order valence-corrected chi connectivity index (χ3v) is 7.58. The fourth-order valence-corrected chi connectivity index (χ4v) is 5.51. The van der Waals surface area contributed by atoms with Crippen molar-refractivity contribution in [3.63, 3.8) is 0 Å². The topological polar surface area (TPSA) is 12.5 Å². The summed E-state index contributed by atoms with van der Waals surface area (Å²) in [5.74, 6) is 0.832. The van der Waals surface area contributed by atoms with Gasteiger partial charge >= 0.3 is 0 Å². The minimum Gasteiger partial charge on any atom is -0.497 e. The molecule has 192 valence electrons. The number of aryl methyl sites for hydroxylation is 4. The minimum atomic E-state index is 0.832. The molecule has 6 rings (SSSR count). The highest BCUT2D eigenvalue weighted by Crippen LogP contribution is 2.39. The lowest BCUT2D eigenvalue weighted by Crippen LogP contribution is -2.10. The van der Waals surface area contributed by atoms with Crippen molar-refractivity contribution in [2.45, 2.75) is 26.7 Å². The molecule has 39 heavy (non-hydrogen) atoms. The van der Waals surface area contributed by atoms with Crippen LogP contribution in [0, 0.1) is 13.8 Å². The summed E-state index contributed by atoms with van der Waals surface area (Å²) in [6.07, 6.45) is 4.42. The van der Waals surface area contributed by atoms with E-state index in [1.807, 2.05) is 0 Å². The van der Waals surface area contributed by atoms with Gasteiger partial charge in [-0.15, -0.1) is 0 Å². The van der Waals surface area contributed by atoms with Crippen LogP contribution in [0.15, 0.2) is 115 Å². The molecule has 5 aromatic rings. The Morgan fingerprint density at radius 3 is 1.62 bits per heavy atom. The van der Waals surface area contributed by atoms with Gasteiger partial charge in [0.05, 0.1) is 12.8 Å². The van der Waals surface area contributed by atoms with Crippen molar-refractivity contribution in [3.8, 4) is 5.75 Å². The monoisotopic (exact) mass is 507 g/mol. The molecule has 5 aromatic carbocycles. The molecule has 2 nitrogen and oxygen atoms in total. The van der Waals surface area contributed by atoms with Crippen LogP contribution in [-0.4, -0.2) is 7.11 Å². The second-order valence-electron chi connectivity index (χ2n) is 10.3. The summed E-state index contributed by atoms with van der Waals surface area (Å²) in [4.78, 5) is 2.30. The van der Waals surface area contributed by atoms with Crippen molar-refractivity contribution in [2.24, 2.45) is 0 Å². The molecular formula is C37H33NO. The summed E-state index contributed by atoms with van der Waals surface area (Å²) in [5.41, 5.74) is 13.5. The summed E-state index contributed by atoms with van der Waals surface area (Å²) in [6.45, 7) is 4.25. The van der Waals surface area contributed by atoms with Crippen LogP contribution >= 0.6 is 0 Å². The highest BCUT2D eigenvalue weighted by molar-refractivity contribution is 5.95. The fourth-order valence-electron chi connectivity index (χ4n) is 5.51. The quantitative estimate of drug-likeness (QED) is 0.235. The van der Waals surface area contributed by atoms with Crippen molar-refractivity contribution in [1.82, 2.24) is 0 Å². The van der Waals surface area contributed by atoms with E-state index >= 15 is 0 Å². The molecule has 1 aliphatic carbocycles. The summed E-state index contributed by atoms with van der Waals surface area (Å²) >= 11 is 0. The van der Waals surface area contributed by atoms with Crippen molar-refractivity contribution in [1.29, 1.82) is 0 Å². The second kappa shape index (κ2) is 10.7. The van der Waals surface area contributed by atoms with Gasteiger partial charge in [0.15, 0.2) is 0 Å². The van der Waals surface area contributed by atoms with E-state index < -0.39 is 0 Å². The van der Waals surface area contributed by atoms with Crippen LogP contribution in [0.3, 0.4) is 0 Å². The number of methoxy groups -OCH3 is 1. The molecule has 0 unspecified atom stereocenters. The van der Waals surface area contributed by atoms with E-state index in [4.69, 9.17) is 4.74 Å². The van der Waals surface area contributed by atoms with Gasteiger partial charge in [0.2, 0.25) is 0 Å². The van der Waals surface area contributed by atoms with Gasteiger partial charge < -0.3 is 9.64 Å². The van der Waals surface area contributed by atoms with Crippen molar-refractivity contribution in [2.75, 3.05) is 12.0 Å². The lowest BCUT2D eigenvalue weighted by atomic mass is 9.92. The van der Waals surface area contributed by atoms with Gasteiger partial charge in [-0.05, 0) is 103 Å². The maximum atomic E-state index is 5.85. The Hall–Kier alpha value is -4.56. The third kappa shape index (κ3) is 5.11. The Kier molecular flexibility index (Phi) is 6.77. The number of nitrogens with zero attached hydrogens (tertiary/aromatic N) is 1. The average molecular weight is 508 g/mol. The molecule has 0 bridgehead atoms. The van der Waals surface area contributed by atoms with Gasteiger partial charge in [-0.2, -0.15) is 0 Å². The number of hydrogen-bond donors (Lipinski definition) is 0. The molecule has 0 N–H and O–H groups in total. The third-order valence-electron chi connectivity index (χ3n) is 7.58. The first kappa shape index (κ1) is 24.8. The molecule has 0 fully saturated rings. The molecular weight excluding hydrogens is 474 g/mol. The standard InChI is InChI=1S/C37H33NO/c1-26-12-18-31(19-13-26)38(32-20-14-27(2)15-21-32)33-22-28(23-34(25-33)39-3)24-37-35-10-6-4-8-29(35)16-17-30-9-5-7-11-36(30)37/h4-15,18-25H,16-17H2,1-3H3. The first-order chi connectivity index (χ1) is 19.1. The Morgan fingerprint density at radius 1 is 0.590 bits per heavy atom. The number of anilines is 3. The first-order valence-electron chi connectivity index (χ1n) is 13.6. The molecule has 0 atom stereocenters. The van der Waals surface area contributed by atoms with Crippen LogP contribution in [0.1, 0.15) is 38.9 Å². The molecule has 2 heteroatoms. The van der Waals surface area contributed by atoms with Crippen LogP contribution < -0.4 is 9.64 Å². The van der Waals surface area contributed by atoms with E-state index in [1.165, 1.54) is 39.0 Å². The van der Waals surface area contributed by atoms with Crippen LogP contribution in [-0.2, 0) is 12.8 Å². The lowest BCUT2D eigenvalue weighted by Gasteiger charge is -2.26. The highest BCUT2D eigenvalue weighted by Gasteiger charge is 2.19.